The van der Waals surface area contributed by atoms with Crippen molar-refractivity contribution >= 4 is 27.5 Å². The number of para-hydroxylation sites is 2. The summed E-state index contributed by atoms with van der Waals surface area (Å²) < 4.78 is 2.21. The van der Waals surface area contributed by atoms with Gasteiger partial charge in [-0.1, -0.05) is 43.0 Å². The number of nitrogens with zero attached hydrogens (tertiary/aromatic N) is 1. The zero-order chi connectivity index (χ0) is 11.1. The van der Waals surface area contributed by atoms with Gasteiger partial charge in [-0.25, -0.2) is 0 Å². The van der Waals surface area contributed by atoms with Crippen LogP contribution in [0.15, 0.2) is 55.1 Å². The first-order valence-electron chi connectivity index (χ1n) is 5.43. The molecular formula is C15H13N. The van der Waals surface area contributed by atoms with E-state index in [-0.39, 0.29) is 0 Å². The van der Waals surface area contributed by atoms with Crippen molar-refractivity contribution in [2.45, 2.75) is 6.92 Å². The van der Waals surface area contributed by atoms with Crippen LogP contribution in [0.4, 0.5) is 0 Å². The van der Waals surface area contributed by atoms with E-state index in [1.807, 2.05) is 6.92 Å². The summed E-state index contributed by atoms with van der Waals surface area (Å²) in [7, 11) is 0. The summed E-state index contributed by atoms with van der Waals surface area (Å²) in [6.07, 6.45) is 0. The first-order valence-corrected chi connectivity index (χ1v) is 5.43. The SMILES string of the molecule is C=C(C)n1c2ccccc2c2ccccc21. The van der Waals surface area contributed by atoms with Crippen molar-refractivity contribution in [1.82, 2.24) is 4.57 Å². The molecule has 0 N–H and O–H groups in total. The summed E-state index contributed by atoms with van der Waals surface area (Å²) in [5.41, 5.74) is 3.52. The zero-order valence-electron chi connectivity index (χ0n) is 9.27. The zero-order valence-corrected chi connectivity index (χ0v) is 9.27. The van der Waals surface area contributed by atoms with Crippen LogP contribution < -0.4 is 0 Å². The molecule has 0 unspecified atom stereocenters. The molecule has 16 heavy (non-hydrogen) atoms. The summed E-state index contributed by atoms with van der Waals surface area (Å²) in [6.45, 7) is 6.10. The lowest BCUT2D eigenvalue weighted by Gasteiger charge is -2.04. The summed E-state index contributed by atoms with van der Waals surface area (Å²) in [6, 6.07) is 16.9. The molecule has 0 atom stereocenters. The number of allylic oxidation sites excluding steroid dienone is 1. The maximum atomic E-state index is 4.06. The van der Waals surface area contributed by atoms with Crippen LogP contribution in [0.2, 0.25) is 0 Å². The highest BCUT2D eigenvalue weighted by atomic mass is 15.0. The van der Waals surface area contributed by atoms with Crippen LogP contribution >= 0.6 is 0 Å². The van der Waals surface area contributed by atoms with Gasteiger partial charge in [-0.05, 0) is 19.1 Å². The lowest BCUT2D eigenvalue weighted by molar-refractivity contribution is 1.21. The topological polar surface area (TPSA) is 4.93 Å². The van der Waals surface area contributed by atoms with Gasteiger partial charge in [0, 0.05) is 16.5 Å². The number of benzene rings is 2. The van der Waals surface area contributed by atoms with Gasteiger partial charge in [0.15, 0.2) is 0 Å². The Balaban J connectivity index is 2.64. The van der Waals surface area contributed by atoms with Gasteiger partial charge in [0.2, 0.25) is 0 Å². The smallest absolute Gasteiger partial charge is 0.0537 e. The van der Waals surface area contributed by atoms with Crippen molar-refractivity contribution in [2.75, 3.05) is 0 Å². The highest BCUT2D eigenvalue weighted by molar-refractivity contribution is 6.09. The quantitative estimate of drug-likeness (QED) is 0.561. The van der Waals surface area contributed by atoms with Crippen molar-refractivity contribution in [3.05, 3.63) is 55.1 Å². The number of hydrogen-bond acceptors (Lipinski definition) is 0. The Labute approximate surface area is 94.6 Å². The molecule has 3 aromatic rings. The van der Waals surface area contributed by atoms with Gasteiger partial charge in [0.1, 0.15) is 0 Å². The molecule has 0 fully saturated rings. The number of rotatable bonds is 1. The molecule has 78 valence electrons. The number of aromatic nitrogens is 1. The third-order valence-electron chi connectivity index (χ3n) is 2.96. The molecule has 0 bridgehead atoms. The molecular weight excluding hydrogens is 194 g/mol. The van der Waals surface area contributed by atoms with E-state index in [9.17, 15) is 0 Å². The molecule has 3 rings (SSSR count). The normalized spacial score (nSPS) is 11.1. The highest BCUT2D eigenvalue weighted by Gasteiger charge is 2.08. The molecule has 0 amide bonds. The standard InChI is InChI=1S/C15H13N/c1-11(2)16-14-9-5-3-7-12(14)13-8-4-6-10-15(13)16/h3-10H,1H2,2H3. The molecule has 0 aliphatic carbocycles. The molecule has 0 radical (unpaired) electrons. The highest BCUT2D eigenvalue weighted by Crippen LogP contribution is 2.30. The Morgan fingerprint density at radius 3 is 1.75 bits per heavy atom. The molecule has 0 aliphatic rings. The van der Waals surface area contributed by atoms with Crippen molar-refractivity contribution in [2.24, 2.45) is 0 Å². The lowest BCUT2D eigenvalue weighted by atomic mass is 10.2. The average molecular weight is 207 g/mol. The minimum absolute atomic E-state index is 1.05. The fraction of sp³-hybridized carbons (Fsp3) is 0.0667. The van der Waals surface area contributed by atoms with Crippen LogP contribution in [0.25, 0.3) is 27.5 Å². The maximum absolute atomic E-state index is 4.06. The molecule has 1 aromatic heterocycles. The largest absolute Gasteiger partial charge is 0.314 e. The molecule has 1 heterocycles. The Morgan fingerprint density at radius 1 is 0.875 bits per heavy atom. The molecule has 0 aliphatic heterocycles. The van der Waals surface area contributed by atoms with Crippen LogP contribution in [-0.4, -0.2) is 4.57 Å². The van der Waals surface area contributed by atoms with Crippen LogP contribution in [0.5, 0.6) is 0 Å². The second-order valence-corrected chi connectivity index (χ2v) is 4.10. The van der Waals surface area contributed by atoms with E-state index in [2.05, 4.69) is 59.7 Å². The van der Waals surface area contributed by atoms with E-state index in [1.165, 1.54) is 21.8 Å². The minimum atomic E-state index is 1.05. The van der Waals surface area contributed by atoms with Gasteiger partial charge in [-0.15, -0.1) is 0 Å². The van der Waals surface area contributed by atoms with Crippen molar-refractivity contribution in [1.29, 1.82) is 0 Å². The van der Waals surface area contributed by atoms with Crippen LogP contribution in [0.1, 0.15) is 6.92 Å². The monoisotopic (exact) mass is 207 g/mol. The van der Waals surface area contributed by atoms with Gasteiger partial charge in [-0.3, -0.25) is 0 Å². The van der Waals surface area contributed by atoms with E-state index in [0.29, 0.717) is 0 Å². The van der Waals surface area contributed by atoms with Gasteiger partial charge >= 0.3 is 0 Å². The number of fused-ring (bicyclic) bond motifs is 3. The minimum Gasteiger partial charge on any atom is -0.314 e. The Hall–Kier alpha value is -2.02. The molecule has 0 spiro atoms. The molecule has 2 aromatic carbocycles. The van der Waals surface area contributed by atoms with E-state index in [4.69, 9.17) is 0 Å². The Kier molecular flexibility index (Phi) is 1.87. The Morgan fingerprint density at radius 2 is 1.31 bits per heavy atom. The average Bonchev–Trinajstić information content (AvgIpc) is 2.63. The van der Waals surface area contributed by atoms with Gasteiger partial charge in [-0.2, -0.15) is 0 Å². The summed E-state index contributed by atoms with van der Waals surface area (Å²) in [4.78, 5) is 0. The first-order chi connectivity index (χ1) is 7.79. The lowest BCUT2D eigenvalue weighted by Crippen LogP contribution is -1.90. The van der Waals surface area contributed by atoms with Gasteiger partial charge in [0.05, 0.1) is 11.0 Å². The third kappa shape index (κ3) is 1.12. The summed E-state index contributed by atoms with van der Waals surface area (Å²) >= 11 is 0. The summed E-state index contributed by atoms with van der Waals surface area (Å²) in [5, 5.41) is 2.59. The van der Waals surface area contributed by atoms with Crippen LogP contribution in [-0.2, 0) is 0 Å². The fourth-order valence-corrected chi connectivity index (χ4v) is 2.33. The summed E-state index contributed by atoms with van der Waals surface area (Å²) in [5.74, 6) is 0. The van der Waals surface area contributed by atoms with Crippen LogP contribution in [0, 0.1) is 0 Å². The van der Waals surface area contributed by atoms with Crippen molar-refractivity contribution in [3.8, 4) is 0 Å². The second kappa shape index (κ2) is 3.24. The fourth-order valence-electron chi connectivity index (χ4n) is 2.33. The van der Waals surface area contributed by atoms with Gasteiger partial charge < -0.3 is 4.57 Å². The molecule has 1 heteroatoms. The predicted octanol–water partition coefficient (Wildman–Crippen LogP) is 4.29. The van der Waals surface area contributed by atoms with E-state index in [0.717, 1.165) is 5.70 Å². The molecule has 0 saturated carbocycles. The predicted molar refractivity (Wildman–Crippen MR) is 70.4 cm³/mol. The molecule has 1 nitrogen and oxygen atoms in total. The van der Waals surface area contributed by atoms with Crippen molar-refractivity contribution < 1.29 is 0 Å². The van der Waals surface area contributed by atoms with E-state index in [1.54, 1.807) is 0 Å². The van der Waals surface area contributed by atoms with Crippen LogP contribution in [0.3, 0.4) is 0 Å². The first kappa shape index (κ1) is 9.22. The second-order valence-electron chi connectivity index (χ2n) is 4.10. The van der Waals surface area contributed by atoms with E-state index < -0.39 is 0 Å². The molecule has 0 saturated heterocycles. The maximum Gasteiger partial charge on any atom is 0.0537 e. The third-order valence-corrected chi connectivity index (χ3v) is 2.96. The number of hydrogen-bond donors (Lipinski definition) is 0. The van der Waals surface area contributed by atoms with E-state index >= 15 is 0 Å². The van der Waals surface area contributed by atoms with Gasteiger partial charge in [0.25, 0.3) is 0 Å². The van der Waals surface area contributed by atoms with Crippen molar-refractivity contribution in [3.63, 3.8) is 0 Å². The Bertz CT molecular complexity index is 636.